The van der Waals surface area contributed by atoms with Gasteiger partial charge in [0.25, 0.3) is 0 Å². The van der Waals surface area contributed by atoms with E-state index in [0.717, 1.165) is 16.8 Å². The van der Waals surface area contributed by atoms with Crippen molar-refractivity contribution in [3.8, 4) is 11.5 Å². The minimum Gasteiger partial charge on any atom is -0.493 e. The van der Waals surface area contributed by atoms with Gasteiger partial charge in [0.1, 0.15) is 5.66 Å². The smallest absolute Gasteiger partial charge is 0.195 e. The molecular formula is C20H24N4O2. The average molecular weight is 352 g/mol. The molecule has 5 N–H and O–H groups in total. The molecule has 0 saturated heterocycles. The number of aryl methyl sites for hydroxylation is 1. The predicted octanol–water partition coefficient (Wildman–Crippen LogP) is 2.17. The molecule has 0 saturated carbocycles. The first-order valence-electron chi connectivity index (χ1n) is 8.34. The van der Waals surface area contributed by atoms with E-state index in [9.17, 15) is 0 Å². The predicted molar refractivity (Wildman–Crippen MR) is 104 cm³/mol. The van der Waals surface area contributed by atoms with Gasteiger partial charge < -0.3 is 26.3 Å². The van der Waals surface area contributed by atoms with Gasteiger partial charge in [0, 0.05) is 12.0 Å². The van der Waals surface area contributed by atoms with Crippen molar-refractivity contribution in [3.05, 3.63) is 65.2 Å². The highest BCUT2D eigenvalue weighted by Gasteiger charge is 2.28. The molecule has 0 bridgehead atoms. The maximum absolute atomic E-state index is 6.58. The van der Waals surface area contributed by atoms with Gasteiger partial charge >= 0.3 is 0 Å². The largest absolute Gasteiger partial charge is 0.493 e. The summed E-state index contributed by atoms with van der Waals surface area (Å²) in [5, 5.41) is 3.08. The molecule has 1 aliphatic heterocycles. The Balaban J connectivity index is 1.91. The Labute approximate surface area is 153 Å². The summed E-state index contributed by atoms with van der Waals surface area (Å²) in [5.74, 6) is 1.63. The maximum Gasteiger partial charge on any atom is 0.195 e. The number of nitrogens with two attached hydrogens (primary N) is 2. The summed E-state index contributed by atoms with van der Waals surface area (Å²) in [6, 6.07) is 13.8. The van der Waals surface area contributed by atoms with Gasteiger partial charge in [0.15, 0.2) is 17.5 Å². The molecule has 0 radical (unpaired) electrons. The maximum atomic E-state index is 6.58. The molecule has 26 heavy (non-hydrogen) atoms. The van der Waals surface area contributed by atoms with Crippen LogP contribution in [0.4, 0.5) is 0 Å². The number of hydrogen-bond acceptors (Lipinski definition) is 6. The Morgan fingerprint density at radius 3 is 2.38 bits per heavy atom. The molecule has 0 aliphatic carbocycles. The Morgan fingerprint density at radius 2 is 1.73 bits per heavy atom. The van der Waals surface area contributed by atoms with Crippen molar-refractivity contribution in [2.24, 2.45) is 16.5 Å². The van der Waals surface area contributed by atoms with Crippen LogP contribution in [0.15, 0.2) is 53.5 Å². The minimum atomic E-state index is -0.856. The normalized spacial score (nSPS) is 19.2. The van der Waals surface area contributed by atoms with Crippen molar-refractivity contribution in [1.82, 2.24) is 5.32 Å². The molecule has 1 unspecified atom stereocenters. The van der Waals surface area contributed by atoms with Gasteiger partial charge in [-0.1, -0.05) is 35.9 Å². The van der Waals surface area contributed by atoms with Crippen molar-refractivity contribution in [2.75, 3.05) is 14.2 Å². The van der Waals surface area contributed by atoms with Gasteiger partial charge in [0.05, 0.1) is 19.9 Å². The molecule has 6 heteroatoms. The Hall–Kier alpha value is -2.99. The van der Waals surface area contributed by atoms with E-state index in [2.05, 4.69) is 10.3 Å². The van der Waals surface area contributed by atoms with Crippen LogP contribution >= 0.6 is 0 Å². The zero-order chi connectivity index (χ0) is 18.7. The van der Waals surface area contributed by atoms with Crippen LogP contribution in [0.1, 0.15) is 16.7 Å². The van der Waals surface area contributed by atoms with Crippen LogP contribution in [0.2, 0.25) is 0 Å². The Morgan fingerprint density at radius 1 is 1.04 bits per heavy atom. The minimum absolute atomic E-state index is 0.297. The molecule has 1 aliphatic rings. The molecule has 0 spiro atoms. The SMILES string of the molecule is COc1ccc(CC2(N)C=C(c3ccc(C)cc3)N=C(N)N2)cc1OC. The van der Waals surface area contributed by atoms with Gasteiger partial charge in [-0.05, 0) is 30.7 Å². The summed E-state index contributed by atoms with van der Waals surface area (Å²) in [4.78, 5) is 4.40. The molecule has 2 aromatic rings. The summed E-state index contributed by atoms with van der Waals surface area (Å²) in [6.45, 7) is 2.04. The third-order valence-electron chi connectivity index (χ3n) is 4.29. The lowest BCUT2D eigenvalue weighted by Gasteiger charge is -2.32. The van der Waals surface area contributed by atoms with Gasteiger partial charge in [0.2, 0.25) is 0 Å². The third kappa shape index (κ3) is 3.81. The molecule has 1 atom stereocenters. The first kappa shape index (κ1) is 17.8. The van der Waals surface area contributed by atoms with E-state index in [1.54, 1.807) is 14.2 Å². The van der Waals surface area contributed by atoms with Crippen LogP contribution in [0.3, 0.4) is 0 Å². The molecule has 2 aromatic carbocycles. The van der Waals surface area contributed by atoms with Crippen molar-refractivity contribution in [2.45, 2.75) is 19.0 Å². The highest BCUT2D eigenvalue weighted by molar-refractivity contribution is 5.88. The summed E-state index contributed by atoms with van der Waals surface area (Å²) in [5.41, 5.74) is 15.6. The summed E-state index contributed by atoms with van der Waals surface area (Å²) < 4.78 is 10.7. The zero-order valence-corrected chi connectivity index (χ0v) is 15.2. The molecule has 0 amide bonds. The lowest BCUT2D eigenvalue weighted by Crippen LogP contribution is -2.59. The van der Waals surface area contributed by atoms with E-state index in [1.165, 1.54) is 5.56 Å². The highest BCUT2D eigenvalue weighted by atomic mass is 16.5. The van der Waals surface area contributed by atoms with Gasteiger partial charge in [-0.15, -0.1) is 0 Å². The highest BCUT2D eigenvalue weighted by Crippen LogP contribution is 2.30. The first-order chi connectivity index (χ1) is 12.4. The van der Waals surface area contributed by atoms with Crippen LogP contribution in [0, 0.1) is 6.92 Å². The van der Waals surface area contributed by atoms with E-state index in [1.807, 2.05) is 55.5 Å². The van der Waals surface area contributed by atoms with Gasteiger partial charge in [-0.2, -0.15) is 0 Å². The molecular weight excluding hydrogens is 328 g/mol. The standard InChI is InChI=1S/C20H24N4O2/c1-13-4-7-15(8-5-13)16-12-20(22,24-19(21)23-16)11-14-6-9-17(25-2)18(10-14)26-3/h4-10,12H,11,22H2,1-3H3,(H3,21,23,24). The molecule has 3 rings (SSSR count). The number of aliphatic imine (C=N–C) groups is 1. The number of hydrogen-bond donors (Lipinski definition) is 3. The van der Waals surface area contributed by atoms with E-state index in [4.69, 9.17) is 20.9 Å². The molecule has 136 valence electrons. The first-order valence-corrected chi connectivity index (χ1v) is 8.34. The Kier molecular flexibility index (Phi) is 4.86. The Bertz CT molecular complexity index is 859. The number of rotatable bonds is 5. The summed E-state index contributed by atoms with van der Waals surface area (Å²) in [6.07, 6.45) is 2.42. The number of nitrogens with zero attached hydrogens (tertiary/aromatic N) is 1. The number of nitrogens with one attached hydrogen (secondary N) is 1. The number of guanidine groups is 1. The van der Waals surface area contributed by atoms with Crippen molar-refractivity contribution < 1.29 is 9.47 Å². The van der Waals surface area contributed by atoms with E-state index in [0.29, 0.717) is 23.9 Å². The van der Waals surface area contributed by atoms with Gasteiger partial charge in [-0.25, -0.2) is 4.99 Å². The van der Waals surface area contributed by atoms with E-state index < -0.39 is 5.66 Å². The fraction of sp³-hybridized carbons (Fsp3) is 0.250. The quantitative estimate of drug-likeness (QED) is 0.766. The van der Waals surface area contributed by atoms with Gasteiger partial charge in [-0.3, -0.25) is 0 Å². The van der Waals surface area contributed by atoms with E-state index >= 15 is 0 Å². The number of ether oxygens (including phenoxy) is 2. The van der Waals surface area contributed by atoms with Crippen molar-refractivity contribution in [1.29, 1.82) is 0 Å². The lowest BCUT2D eigenvalue weighted by atomic mass is 9.96. The third-order valence-corrected chi connectivity index (χ3v) is 4.29. The molecule has 1 heterocycles. The monoisotopic (exact) mass is 352 g/mol. The second kappa shape index (κ2) is 7.09. The average Bonchev–Trinajstić information content (AvgIpc) is 2.61. The summed E-state index contributed by atoms with van der Waals surface area (Å²) >= 11 is 0. The second-order valence-corrected chi connectivity index (χ2v) is 6.42. The number of methoxy groups -OCH3 is 2. The fourth-order valence-corrected chi connectivity index (χ4v) is 3.00. The van der Waals surface area contributed by atoms with Crippen LogP contribution in [0.25, 0.3) is 5.70 Å². The van der Waals surface area contributed by atoms with Crippen LogP contribution < -0.4 is 26.3 Å². The fourth-order valence-electron chi connectivity index (χ4n) is 3.00. The van der Waals surface area contributed by atoms with Crippen molar-refractivity contribution in [3.63, 3.8) is 0 Å². The molecule has 0 fully saturated rings. The second-order valence-electron chi connectivity index (χ2n) is 6.42. The van der Waals surface area contributed by atoms with E-state index in [-0.39, 0.29) is 0 Å². The molecule has 6 nitrogen and oxygen atoms in total. The van der Waals surface area contributed by atoms with Crippen LogP contribution in [0.5, 0.6) is 11.5 Å². The number of benzene rings is 2. The van der Waals surface area contributed by atoms with Crippen LogP contribution in [-0.2, 0) is 6.42 Å². The topological polar surface area (TPSA) is 94.9 Å². The summed E-state index contributed by atoms with van der Waals surface area (Å²) in [7, 11) is 3.22. The van der Waals surface area contributed by atoms with Crippen molar-refractivity contribution >= 4 is 11.7 Å². The zero-order valence-electron chi connectivity index (χ0n) is 15.2. The molecule has 0 aromatic heterocycles. The van der Waals surface area contributed by atoms with Crippen LogP contribution in [-0.4, -0.2) is 25.8 Å². The lowest BCUT2D eigenvalue weighted by molar-refractivity contribution is 0.354.